The molecule has 0 heterocycles. The van der Waals surface area contributed by atoms with Crippen LogP contribution < -0.4 is 0 Å². The van der Waals surface area contributed by atoms with Gasteiger partial charge in [-0.05, 0) is 45.4 Å². The minimum Gasteiger partial charge on any atom is -0.510 e. The van der Waals surface area contributed by atoms with Crippen molar-refractivity contribution in [2.45, 2.75) is 80.6 Å². The third-order valence-corrected chi connectivity index (χ3v) is 5.52. The number of rotatable bonds is 10. The molecule has 1 unspecified atom stereocenters. The van der Waals surface area contributed by atoms with Crippen molar-refractivity contribution >= 4 is 17.3 Å². The van der Waals surface area contributed by atoms with E-state index in [9.17, 15) is 19.5 Å². The highest BCUT2D eigenvalue weighted by Crippen LogP contribution is 2.48. The molecule has 0 radical (unpaired) electrons. The van der Waals surface area contributed by atoms with Crippen LogP contribution in [0.2, 0.25) is 0 Å². The van der Waals surface area contributed by atoms with Gasteiger partial charge in [-0.15, -0.1) is 0 Å². The summed E-state index contributed by atoms with van der Waals surface area (Å²) >= 11 is 0. The van der Waals surface area contributed by atoms with E-state index in [1.807, 2.05) is 33.8 Å². The van der Waals surface area contributed by atoms with E-state index in [2.05, 4.69) is 13.8 Å². The Kier molecular flexibility index (Phi) is 8.19. The molecule has 0 fully saturated rings. The molecular formula is C23H36O4. The van der Waals surface area contributed by atoms with Gasteiger partial charge >= 0.3 is 0 Å². The molecule has 0 spiro atoms. The number of ketones is 3. The lowest BCUT2D eigenvalue weighted by atomic mass is 9.71. The van der Waals surface area contributed by atoms with Gasteiger partial charge in [-0.25, -0.2) is 0 Å². The smallest absolute Gasteiger partial charge is 0.174 e. The van der Waals surface area contributed by atoms with E-state index in [1.54, 1.807) is 6.92 Å². The van der Waals surface area contributed by atoms with Crippen molar-refractivity contribution in [1.29, 1.82) is 0 Å². The molecule has 27 heavy (non-hydrogen) atoms. The number of allylic oxidation sites excluding steroid dienone is 4. The molecule has 2 atom stereocenters. The summed E-state index contributed by atoms with van der Waals surface area (Å²) in [6.45, 7) is 13.6. The largest absolute Gasteiger partial charge is 0.510 e. The quantitative estimate of drug-likeness (QED) is 0.411. The standard InChI is InChI=1S/C23H36O4/c1-14(2)8-11-17-21(26)20(18(24)12-9-15(3)4)22(27)23(17,7)19(25)13-10-16(5)6/h10,14-15,17,27H,8-9,11-13H2,1-7H3/t17-,23?/m1/s1. The van der Waals surface area contributed by atoms with Crippen LogP contribution in [0.1, 0.15) is 80.6 Å². The van der Waals surface area contributed by atoms with Crippen LogP contribution in [-0.4, -0.2) is 22.5 Å². The van der Waals surface area contributed by atoms with E-state index >= 15 is 0 Å². The number of Topliss-reactive ketones (excluding diaryl/α,β-unsaturated/α-hetero) is 3. The molecule has 1 rings (SSSR count). The predicted octanol–water partition coefficient (Wildman–Crippen LogP) is 5.37. The Balaban J connectivity index is 3.28. The fourth-order valence-corrected chi connectivity index (χ4v) is 3.55. The summed E-state index contributed by atoms with van der Waals surface area (Å²) in [5.74, 6) is -1.14. The summed E-state index contributed by atoms with van der Waals surface area (Å²) in [5, 5.41) is 10.9. The first-order valence-corrected chi connectivity index (χ1v) is 10.1. The average Bonchev–Trinajstić information content (AvgIpc) is 2.75. The summed E-state index contributed by atoms with van der Waals surface area (Å²) in [6, 6.07) is 0. The van der Waals surface area contributed by atoms with Crippen LogP contribution in [0, 0.1) is 23.2 Å². The topological polar surface area (TPSA) is 71.4 Å². The Labute approximate surface area is 164 Å². The minimum atomic E-state index is -1.30. The van der Waals surface area contributed by atoms with E-state index in [0.717, 1.165) is 12.0 Å². The molecule has 0 saturated carbocycles. The minimum absolute atomic E-state index is 0.127. The van der Waals surface area contributed by atoms with E-state index in [0.29, 0.717) is 24.7 Å². The monoisotopic (exact) mass is 376 g/mol. The first-order chi connectivity index (χ1) is 12.4. The van der Waals surface area contributed by atoms with Gasteiger partial charge in [0.05, 0.1) is 11.0 Å². The molecule has 4 heteroatoms. The van der Waals surface area contributed by atoms with Crippen molar-refractivity contribution in [3.8, 4) is 0 Å². The molecule has 1 aliphatic rings. The highest BCUT2D eigenvalue weighted by Gasteiger charge is 2.56. The lowest BCUT2D eigenvalue weighted by Crippen LogP contribution is -2.37. The molecule has 0 bridgehead atoms. The van der Waals surface area contributed by atoms with Crippen molar-refractivity contribution in [2.24, 2.45) is 23.2 Å². The molecule has 1 aliphatic carbocycles. The number of carbonyl (C=O) groups is 3. The third kappa shape index (κ3) is 5.40. The van der Waals surface area contributed by atoms with Gasteiger partial charge in [0.2, 0.25) is 0 Å². The Hall–Kier alpha value is -1.71. The number of hydrogen-bond donors (Lipinski definition) is 1. The second kappa shape index (κ2) is 9.48. The van der Waals surface area contributed by atoms with Gasteiger partial charge in [-0.2, -0.15) is 0 Å². The van der Waals surface area contributed by atoms with Crippen LogP contribution in [-0.2, 0) is 14.4 Å². The van der Waals surface area contributed by atoms with Crippen LogP contribution in [0.15, 0.2) is 23.0 Å². The molecule has 0 aromatic heterocycles. The van der Waals surface area contributed by atoms with Gasteiger partial charge in [0.15, 0.2) is 17.3 Å². The molecule has 0 saturated heterocycles. The van der Waals surface area contributed by atoms with Crippen LogP contribution in [0.25, 0.3) is 0 Å². The van der Waals surface area contributed by atoms with E-state index in [4.69, 9.17) is 0 Å². The van der Waals surface area contributed by atoms with E-state index in [1.165, 1.54) is 0 Å². The average molecular weight is 377 g/mol. The molecule has 152 valence electrons. The van der Waals surface area contributed by atoms with Crippen molar-refractivity contribution in [1.82, 2.24) is 0 Å². The first kappa shape index (κ1) is 23.3. The maximum Gasteiger partial charge on any atom is 0.174 e. The van der Waals surface area contributed by atoms with Crippen molar-refractivity contribution in [2.75, 3.05) is 0 Å². The van der Waals surface area contributed by atoms with E-state index < -0.39 is 11.3 Å². The van der Waals surface area contributed by atoms with Crippen LogP contribution in [0.4, 0.5) is 0 Å². The van der Waals surface area contributed by atoms with Crippen molar-refractivity contribution < 1.29 is 19.5 Å². The van der Waals surface area contributed by atoms with Crippen LogP contribution in [0.3, 0.4) is 0 Å². The Morgan fingerprint density at radius 2 is 1.67 bits per heavy atom. The maximum atomic E-state index is 13.1. The summed E-state index contributed by atoms with van der Waals surface area (Å²) in [4.78, 5) is 38.7. The van der Waals surface area contributed by atoms with Crippen molar-refractivity contribution in [3.63, 3.8) is 0 Å². The normalized spacial score (nSPS) is 22.7. The van der Waals surface area contributed by atoms with Gasteiger partial charge in [0.1, 0.15) is 5.76 Å². The maximum absolute atomic E-state index is 13.1. The van der Waals surface area contributed by atoms with Crippen LogP contribution in [0.5, 0.6) is 0 Å². The fourth-order valence-electron chi connectivity index (χ4n) is 3.55. The molecule has 1 N–H and O–H groups in total. The van der Waals surface area contributed by atoms with Gasteiger partial charge in [0, 0.05) is 18.8 Å². The lowest BCUT2D eigenvalue weighted by Gasteiger charge is -2.29. The zero-order valence-electron chi connectivity index (χ0n) is 18.0. The van der Waals surface area contributed by atoms with Gasteiger partial charge in [-0.3, -0.25) is 14.4 Å². The SMILES string of the molecule is CC(C)=CCC(=O)C1(C)C(O)=C(C(=O)CCC(C)C)C(=O)[C@H]1CCC(C)C. The lowest BCUT2D eigenvalue weighted by molar-refractivity contribution is -0.134. The summed E-state index contributed by atoms with van der Waals surface area (Å²) in [7, 11) is 0. The number of hydrogen-bond acceptors (Lipinski definition) is 4. The predicted molar refractivity (Wildman–Crippen MR) is 108 cm³/mol. The molecule has 0 aromatic carbocycles. The highest BCUT2D eigenvalue weighted by molar-refractivity contribution is 6.25. The molecular weight excluding hydrogens is 340 g/mol. The third-order valence-electron chi connectivity index (χ3n) is 5.52. The molecule has 0 aliphatic heterocycles. The van der Waals surface area contributed by atoms with Crippen molar-refractivity contribution in [3.05, 3.63) is 23.0 Å². The van der Waals surface area contributed by atoms with Gasteiger partial charge < -0.3 is 5.11 Å². The summed E-state index contributed by atoms with van der Waals surface area (Å²) in [6.07, 6.45) is 4.10. The zero-order chi connectivity index (χ0) is 20.9. The Morgan fingerprint density at radius 3 is 2.15 bits per heavy atom. The second-order valence-corrected chi connectivity index (χ2v) is 9.08. The van der Waals surface area contributed by atoms with E-state index in [-0.39, 0.29) is 41.5 Å². The highest BCUT2D eigenvalue weighted by atomic mass is 16.3. The summed E-state index contributed by atoms with van der Waals surface area (Å²) in [5.41, 5.74) is -0.426. The number of carbonyl (C=O) groups excluding carboxylic acids is 3. The Morgan fingerprint density at radius 1 is 1.11 bits per heavy atom. The number of aliphatic hydroxyl groups is 1. The van der Waals surface area contributed by atoms with Gasteiger partial charge in [-0.1, -0.05) is 45.8 Å². The second-order valence-electron chi connectivity index (χ2n) is 9.08. The van der Waals surface area contributed by atoms with Crippen LogP contribution >= 0.6 is 0 Å². The number of aliphatic hydroxyl groups excluding tert-OH is 1. The first-order valence-electron chi connectivity index (χ1n) is 10.1. The Bertz CT molecular complexity index is 647. The molecule has 0 amide bonds. The fraction of sp³-hybridized carbons (Fsp3) is 0.696. The zero-order valence-corrected chi connectivity index (χ0v) is 18.0. The molecule has 4 nitrogen and oxygen atoms in total. The van der Waals surface area contributed by atoms with Gasteiger partial charge in [0.25, 0.3) is 0 Å². The molecule has 0 aromatic rings. The summed E-state index contributed by atoms with van der Waals surface area (Å²) < 4.78 is 0.